The Hall–Kier alpha value is -3.24. The van der Waals surface area contributed by atoms with E-state index in [1.165, 1.54) is 11.1 Å². The molecule has 190 valence electrons. The SMILES string of the molecule is C=Cc1ccc(OCCCCCCOc2ccc(-c3ccc(OCC4(CC)COC4)cc3)cc2)cc1. The molecule has 4 heteroatoms. The topological polar surface area (TPSA) is 36.9 Å². The van der Waals surface area contributed by atoms with E-state index in [4.69, 9.17) is 18.9 Å². The van der Waals surface area contributed by atoms with E-state index in [0.29, 0.717) is 6.61 Å². The Bertz CT molecular complexity index is 1050. The van der Waals surface area contributed by atoms with Crippen LogP contribution in [0.25, 0.3) is 17.2 Å². The molecule has 1 fully saturated rings. The molecule has 3 aromatic carbocycles. The van der Waals surface area contributed by atoms with E-state index in [-0.39, 0.29) is 5.41 Å². The predicted molar refractivity (Wildman–Crippen MR) is 147 cm³/mol. The van der Waals surface area contributed by atoms with Crippen LogP contribution in [0.4, 0.5) is 0 Å². The summed E-state index contributed by atoms with van der Waals surface area (Å²) < 4.78 is 23.1. The highest BCUT2D eigenvalue weighted by molar-refractivity contribution is 5.64. The molecule has 0 spiro atoms. The Balaban J connectivity index is 1.10. The Labute approximate surface area is 215 Å². The van der Waals surface area contributed by atoms with Gasteiger partial charge in [-0.05, 0) is 85.2 Å². The molecule has 36 heavy (non-hydrogen) atoms. The normalized spacial score (nSPS) is 14.0. The van der Waals surface area contributed by atoms with Crippen LogP contribution in [0.2, 0.25) is 0 Å². The second-order valence-corrected chi connectivity index (χ2v) is 9.57. The van der Waals surface area contributed by atoms with Crippen molar-refractivity contribution in [3.8, 4) is 28.4 Å². The number of rotatable bonds is 15. The van der Waals surface area contributed by atoms with Crippen LogP contribution in [0.3, 0.4) is 0 Å². The zero-order chi connectivity index (χ0) is 25.1. The molecule has 4 rings (SSSR count). The van der Waals surface area contributed by atoms with Gasteiger partial charge < -0.3 is 18.9 Å². The summed E-state index contributed by atoms with van der Waals surface area (Å²) in [6.45, 7) is 9.77. The van der Waals surface area contributed by atoms with Gasteiger partial charge in [-0.1, -0.05) is 56.0 Å². The quantitative estimate of drug-likeness (QED) is 0.205. The van der Waals surface area contributed by atoms with Gasteiger partial charge >= 0.3 is 0 Å². The molecule has 0 saturated carbocycles. The minimum Gasteiger partial charge on any atom is -0.494 e. The molecule has 0 N–H and O–H groups in total. The van der Waals surface area contributed by atoms with E-state index in [0.717, 1.165) is 81.3 Å². The Morgan fingerprint density at radius 2 is 1.17 bits per heavy atom. The molecule has 3 aromatic rings. The van der Waals surface area contributed by atoms with E-state index in [1.807, 2.05) is 54.6 Å². The van der Waals surface area contributed by atoms with Crippen LogP contribution < -0.4 is 14.2 Å². The molecule has 0 aliphatic carbocycles. The summed E-state index contributed by atoms with van der Waals surface area (Å²) in [4.78, 5) is 0. The molecular formula is C32H38O4. The summed E-state index contributed by atoms with van der Waals surface area (Å²) in [6, 6.07) is 24.7. The maximum absolute atomic E-state index is 6.02. The molecule has 0 radical (unpaired) electrons. The van der Waals surface area contributed by atoms with E-state index < -0.39 is 0 Å². The average Bonchev–Trinajstić information content (AvgIpc) is 2.91. The highest BCUT2D eigenvalue weighted by Gasteiger charge is 2.37. The molecule has 1 heterocycles. The van der Waals surface area contributed by atoms with Crippen molar-refractivity contribution >= 4 is 6.08 Å². The van der Waals surface area contributed by atoms with Crippen molar-refractivity contribution in [1.82, 2.24) is 0 Å². The molecular weight excluding hydrogens is 448 g/mol. The van der Waals surface area contributed by atoms with Crippen molar-refractivity contribution in [2.24, 2.45) is 5.41 Å². The molecule has 1 aliphatic heterocycles. The van der Waals surface area contributed by atoms with Crippen LogP contribution in [0.1, 0.15) is 44.6 Å². The molecule has 0 atom stereocenters. The van der Waals surface area contributed by atoms with Gasteiger partial charge in [0.15, 0.2) is 0 Å². The maximum Gasteiger partial charge on any atom is 0.119 e. The summed E-state index contributed by atoms with van der Waals surface area (Å²) in [7, 11) is 0. The lowest BCUT2D eigenvalue weighted by Gasteiger charge is -2.40. The van der Waals surface area contributed by atoms with Crippen molar-refractivity contribution in [3.05, 3.63) is 84.9 Å². The van der Waals surface area contributed by atoms with Crippen molar-refractivity contribution in [1.29, 1.82) is 0 Å². The molecule has 0 bridgehead atoms. The van der Waals surface area contributed by atoms with Crippen LogP contribution in [-0.4, -0.2) is 33.0 Å². The van der Waals surface area contributed by atoms with Gasteiger partial charge in [-0.25, -0.2) is 0 Å². The van der Waals surface area contributed by atoms with Crippen molar-refractivity contribution in [2.75, 3.05) is 33.0 Å². The van der Waals surface area contributed by atoms with Crippen molar-refractivity contribution in [3.63, 3.8) is 0 Å². The predicted octanol–water partition coefficient (Wildman–Crippen LogP) is 7.82. The lowest BCUT2D eigenvalue weighted by Crippen LogP contribution is -2.46. The minimum atomic E-state index is 0.196. The maximum atomic E-state index is 6.02. The lowest BCUT2D eigenvalue weighted by atomic mass is 9.84. The number of hydrogen-bond donors (Lipinski definition) is 0. The third-order valence-corrected chi connectivity index (χ3v) is 6.85. The Kier molecular flexibility index (Phi) is 9.46. The number of hydrogen-bond acceptors (Lipinski definition) is 4. The van der Waals surface area contributed by atoms with E-state index in [1.54, 1.807) is 0 Å². The molecule has 4 nitrogen and oxygen atoms in total. The number of unbranched alkanes of at least 4 members (excludes halogenated alkanes) is 3. The van der Waals surface area contributed by atoms with Gasteiger partial charge in [0.2, 0.25) is 0 Å². The molecule has 0 aromatic heterocycles. The zero-order valence-electron chi connectivity index (χ0n) is 21.4. The molecule has 1 aliphatic rings. The van der Waals surface area contributed by atoms with Crippen LogP contribution in [-0.2, 0) is 4.74 Å². The summed E-state index contributed by atoms with van der Waals surface area (Å²) in [5.41, 5.74) is 3.65. The van der Waals surface area contributed by atoms with E-state index in [2.05, 4.69) is 37.8 Å². The zero-order valence-corrected chi connectivity index (χ0v) is 21.4. The van der Waals surface area contributed by atoms with Crippen LogP contribution in [0.5, 0.6) is 17.2 Å². The first-order chi connectivity index (χ1) is 17.7. The van der Waals surface area contributed by atoms with Gasteiger partial charge in [0.25, 0.3) is 0 Å². The first-order valence-electron chi connectivity index (χ1n) is 13.1. The summed E-state index contributed by atoms with van der Waals surface area (Å²) in [5.74, 6) is 2.74. The van der Waals surface area contributed by atoms with Gasteiger partial charge in [-0.3, -0.25) is 0 Å². The highest BCUT2D eigenvalue weighted by atomic mass is 16.5. The van der Waals surface area contributed by atoms with Gasteiger partial charge in [0.05, 0.1) is 38.4 Å². The Morgan fingerprint density at radius 1 is 0.694 bits per heavy atom. The molecule has 0 unspecified atom stereocenters. The fourth-order valence-electron chi connectivity index (χ4n) is 4.14. The smallest absolute Gasteiger partial charge is 0.119 e. The van der Waals surface area contributed by atoms with Gasteiger partial charge in [0.1, 0.15) is 17.2 Å². The first-order valence-corrected chi connectivity index (χ1v) is 13.1. The third-order valence-electron chi connectivity index (χ3n) is 6.85. The minimum absolute atomic E-state index is 0.196. The van der Waals surface area contributed by atoms with Gasteiger partial charge in [0, 0.05) is 0 Å². The second kappa shape index (κ2) is 13.2. The van der Waals surface area contributed by atoms with Gasteiger partial charge in [-0.15, -0.1) is 0 Å². The summed E-state index contributed by atoms with van der Waals surface area (Å²) in [5, 5.41) is 0. The monoisotopic (exact) mass is 486 g/mol. The highest BCUT2D eigenvalue weighted by Crippen LogP contribution is 2.32. The summed E-state index contributed by atoms with van der Waals surface area (Å²) >= 11 is 0. The van der Waals surface area contributed by atoms with Crippen molar-refractivity contribution in [2.45, 2.75) is 39.0 Å². The molecule has 1 saturated heterocycles. The average molecular weight is 487 g/mol. The largest absolute Gasteiger partial charge is 0.494 e. The first kappa shape index (κ1) is 25.8. The fourth-order valence-corrected chi connectivity index (χ4v) is 4.14. The fraction of sp³-hybridized carbons (Fsp3) is 0.375. The third kappa shape index (κ3) is 7.38. The van der Waals surface area contributed by atoms with E-state index >= 15 is 0 Å². The van der Waals surface area contributed by atoms with Crippen LogP contribution >= 0.6 is 0 Å². The summed E-state index contributed by atoms with van der Waals surface area (Å²) in [6.07, 6.45) is 7.29. The van der Waals surface area contributed by atoms with E-state index in [9.17, 15) is 0 Å². The second-order valence-electron chi connectivity index (χ2n) is 9.57. The standard InChI is InChI=1S/C32H38O4/c1-3-26-9-15-29(16-10-26)34-21-7-5-6-8-22-35-30-17-11-27(12-18-30)28-13-19-31(20-14-28)36-25-32(4-2)23-33-24-32/h3,9-20H,1,4-8,21-25H2,2H3. The lowest BCUT2D eigenvalue weighted by molar-refractivity contribution is -0.133. The number of benzene rings is 3. The Morgan fingerprint density at radius 3 is 1.58 bits per heavy atom. The van der Waals surface area contributed by atoms with Gasteiger partial charge in [-0.2, -0.15) is 0 Å². The molecule has 0 amide bonds. The van der Waals surface area contributed by atoms with Crippen LogP contribution in [0, 0.1) is 5.41 Å². The number of ether oxygens (including phenoxy) is 4. The van der Waals surface area contributed by atoms with Crippen LogP contribution in [0.15, 0.2) is 79.4 Å². The van der Waals surface area contributed by atoms with Crippen molar-refractivity contribution < 1.29 is 18.9 Å².